The molecule has 9 nitrogen and oxygen atoms in total. The van der Waals surface area contributed by atoms with Gasteiger partial charge in [0, 0.05) is 19.2 Å². The fourth-order valence-corrected chi connectivity index (χ4v) is 2.49. The molecule has 0 radical (unpaired) electrons. The first kappa shape index (κ1) is 25.0. The van der Waals surface area contributed by atoms with E-state index in [1.54, 1.807) is 31.2 Å². The van der Waals surface area contributed by atoms with E-state index in [2.05, 4.69) is 53.0 Å². The topological polar surface area (TPSA) is 129 Å². The smallest absolute Gasteiger partial charge is 0.264 e. The van der Waals surface area contributed by atoms with Gasteiger partial charge in [-0.2, -0.15) is 5.10 Å². The van der Waals surface area contributed by atoms with Crippen molar-refractivity contribution < 1.29 is 24.2 Å². The van der Waals surface area contributed by atoms with Crippen LogP contribution in [0.4, 0.5) is 5.69 Å². The normalized spacial score (nSPS) is 12.1. The van der Waals surface area contributed by atoms with Gasteiger partial charge >= 0.3 is 0 Å². The van der Waals surface area contributed by atoms with Crippen LogP contribution in [0.5, 0.6) is 0 Å². The summed E-state index contributed by atoms with van der Waals surface area (Å²) in [5.41, 5.74) is 4.26. The quantitative estimate of drug-likeness (QED) is 0.157. The highest BCUT2D eigenvalue weighted by Crippen LogP contribution is 2.21. The SMILES string of the molecule is CC(=O)N/N=C(\C)c1ccc(NC(=O)/C(Br)=C(/Br)C(=O)NCCOCCO)cc1. The van der Waals surface area contributed by atoms with Crippen LogP contribution in [0.2, 0.25) is 0 Å². The second kappa shape index (κ2) is 13.2. The Bertz CT molecular complexity index is 794. The maximum absolute atomic E-state index is 12.3. The molecule has 0 fully saturated rings. The molecule has 1 aromatic rings. The van der Waals surface area contributed by atoms with Crippen LogP contribution in [-0.2, 0) is 19.1 Å². The Labute approximate surface area is 185 Å². The van der Waals surface area contributed by atoms with Crippen LogP contribution in [0.3, 0.4) is 0 Å². The lowest BCUT2D eigenvalue weighted by Gasteiger charge is -2.09. The third kappa shape index (κ3) is 9.31. The number of rotatable bonds is 10. The molecule has 0 aliphatic heterocycles. The van der Waals surface area contributed by atoms with Crippen molar-refractivity contribution in [3.05, 3.63) is 38.8 Å². The summed E-state index contributed by atoms with van der Waals surface area (Å²) in [6.45, 7) is 3.68. The average Bonchev–Trinajstić information content (AvgIpc) is 2.70. The number of nitrogens with zero attached hydrogens (tertiary/aromatic N) is 1. The second-order valence-corrected chi connectivity index (χ2v) is 7.20. The number of amides is 3. The molecule has 0 unspecified atom stereocenters. The largest absolute Gasteiger partial charge is 0.394 e. The van der Waals surface area contributed by atoms with E-state index in [0.29, 0.717) is 11.4 Å². The average molecular weight is 534 g/mol. The first-order chi connectivity index (χ1) is 13.8. The molecular formula is C18H22Br2N4O5. The third-order valence-electron chi connectivity index (χ3n) is 3.30. The number of carbonyl (C=O) groups excluding carboxylic acids is 3. The molecule has 4 N–H and O–H groups in total. The number of anilines is 1. The Hall–Kier alpha value is -2.08. The molecule has 29 heavy (non-hydrogen) atoms. The minimum Gasteiger partial charge on any atom is -0.394 e. The number of benzene rings is 1. The van der Waals surface area contributed by atoms with Gasteiger partial charge < -0.3 is 20.5 Å². The Morgan fingerprint density at radius 1 is 1.03 bits per heavy atom. The molecule has 0 aliphatic carbocycles. The summed E-state index contributed by atoms with van der Waals surface area (Å²) in [6, 6.07) is 6.82. The van der Waals surface area contributed by atoms with Gasteiger partial charge in [0.2, 0.25) is 5.91 Å². The summed E-state index contributed by atoms with van der Waals surface area (Å²) >= 11 is 6.20. The number of hydrazone groups is 1. The fraction of sp³-hybridized carbons (Fsp3) is 0.333. The molecule has 0 saturated carbocycles. The fourth-order valence-electron chi connectivity index (χ4n) is 1.89. The Kier molecular flexibility index (Phi) is 11.4. The van der Waals surface area contributed by atoms with Crippen LogP contribution >= 0.6 is 31.9 Å². The zero-order valence-corrected chi connectivity index (χ0v) is 19.1. The predicted octanol–water partition coefficient (Wildman–Crippen LogP) is 1.61. The molecule has 0 aromatic heterocycles. The Morgan fingerprint density at radius 2 is 1.66 bits per heavy atom. The van der Waals surface area contributed by atoms with Gasteiger partial charge in [-0.1, -0.05) is 12.1 Å². The number of aliphatic hydroxyl groups excluding tert-OH is 1. The first-order valence-electron chi connectivity index (χ1n) is 8.51. The van der Waals surface area contributed by atoms with Crippen molar-refractivity contribution in [2.24, 2.45) is 5.10 Å². The molecule has 0 bridgehead atoms. The highest BCUT2D eigenvalue weighted by molar-refractivity contribution is 9.14. The number of aliphatic hydroxyl groups is 1. The first-order valence-corrected chi connectivity index (χ1v) is 10.1. The molecular weight excluding hydrogens is 512 g/mol. The van der Waals surface area contributed by atoms with Crippen molar-refractivity contribution in [2.45, 2.75) is 13.8 Å². The van der Waals surface area contributed by atoms with E-state index in [1.807, 2.05) is 0 Å². The summed E-state index contributed by atoms with van der Waals surface area (Å²) < 4.78 is 5.10. The molecule has 0 heterocycles. The highest BCUT2D eigenvalue weighted by Gasteiger charge is 2.17. The van der Waals surface area contributed by atoms with E-state index >= 15 is 0 Å². The van der Waals surface area contributed by atoms with Gasteiger partial charge in [-0.3, -0.25) is 14.4 Å². The van der Waals surface area contributed by atoms with Crippen molar-refractivity contribution in [2.75, 3.05) is 31.7 Å². The number of halogens is 2. The molecule has 3 amide bonds. The van der Waals surface area contributed by atoms with Crippen molar-refractivity contribution in [3.63, 3.8) is 0 Å². The Morgan fingerprint density at radius 3 is 2.24 bits per heavy atom. The number of hydrogen-bond donors (Lipinski definition) is 4. The van der Waals surface area contributed by atoms with Gasteiger partial charge in [0.05, 0.1) is 25.5 Å². The van der Waals surface area contributed by atoms with E-state index in [1.165, 1.54) is 6.92 Å². The lowest BCUT2D eigenvalue weighted by Crippen LogP contribution is -2.28. The van der Waals surface area contributed by atoms with E-state index < -0.39 is 11.8 Å². The zero-order chi connectivity index (χ0) is 21.8. The van der Waals surface area contributed by atoms with Gasteiger partial charge in [0.15, 0.2) is 0 Å². The lowest BCUT2D eigenvalue weighted by atomic mass is 10.1. The van der Waals surface area contributed by atoms with Crippen molar-refractivity contribution in [3.8, 4) is 0 Å². The van der Waals surface area contributed by atoms with Crippen LogP contribution in [0.25, 0.3) is 0 Å². The molecule has 158 valence electrons. The third-order valence-corrected chi connectivity index (χ3v) is 5.35. The summed E-state index contributed by atoms with van der Waals surface area (Å²) in [6.07, 6.45) is 0. The molecule has 0 atom stereocenters. The predicted molar refractivity (Wildman–Crippen MR) is 117 cm³/mol. The standard InChI is InChI=1S/C18H22Br2N4O5/c1-11(23-24-12(2)26)13-3-5-14(6-4-13)22-18(28)16(20)15(19)17(27)21-7-9-29-10-8-25/h3-6,25H,7-10H2,1-2H3,(H,21,27)(H,22,28)(H,24,26)/b16-15-,23-11+. The molecule has 0 saturated heterocycles. The minimum atomic E-state index is -0.514. The van der Waals surface area contributed by atoms with Crippen molar-refractivity contribution >= 4 is 61.0 Å². The molecule has 0 spiro atoms. The molecule has 1 aromatic carbocycles. The minimum absolute atomic E-state index is 0.0266. The van der Waals surface area contributed by atoms with E-state index in [0.717, 1.165) is 5.56 Å². The zero-order valence-electron chi connectivity index (χ0n) is 15.9. The van der Waals surface area contributed by atoms with E-state index in [9.17, 15) is 14.4 Å². The van der Waals surface area contributed by atoms with Crippen LogP contribution < -0.4 is 16.1 Å². The number of carbonyl (C=O) groups is 3. The second-order valence-electron chi connectivity index (χ2n) is 5.62. The summed E-state index contributed by atoms with van der Waals surface area (Å²) in [7, 11) is 0. The van der Waals surface area contributed by atoms with Crippen LogP contribution in [0, 0.1) is 0 Å². The van der Waals surface area contributed by atoms with Crippen molar-refractivity contribution in [1.82, 2.24) is 10.7 Å². The number of nitrogens with one attached hydrogen (secondary N) is 3. The monoisotopic (exact) mass is 532 g/mol. The van der Waals surface area contributed by atoms with Gasteiger partial charge in [-0.05, 0) is 56.5 Å². The van der Waals surface area contributed by atoms with E-state index in [4.69, 9.17) is 9.84 Å². The van der Waals surface area contributed by atoms with E-state index in [-0.39, 0.29) is 41.2 Å². The van der Waals surface area contributed by atoms with Gasteiger partial charge in [0.1, 0.15) is 8.96 Å². The molecule has 1 rings (SSSR count). The highest BCUT2D eigenvalue weighted by atomic mass is 79.9. The maximum atomic E-state index is 12.3. The summed E-state index contributed by atoms with van der Waals surface area (Å²) in [5, 5.41) is 17.8. The van der Waals surface area contributed by atoms with Crippen LogP contribution in [0.1, 0.15) is 19.4 Å². The van der Waals surface area contributed by atoms with Gasteiger partial charge in [0.25, 0.3) is 11.8 Å². The summed E-state index contributed by atoms with van der Waals surface area (Å²) in [4.78, 5) is 35.2. The van der Waals surface area contributed by atoms with Crippen molar-refractivity contribution in [1.29, 1.82) is 0 Å². The lowest BCUT2D eigenvalue weighted by molar-refractivity contribution is -0.119. The number of ether oxygens (including phenoxy) is 1. The van der Waals surface area contributed by atoms with Gasteiger partial charge in [-0.15, -0.1) is 0 Å². The van der Waals surface area contributed by atoms with Crippen LogP contribution in [0.15, 0.2) is 38.3 Å². The maximum Gasteiger partial charge on any atom is 0.264 e. The summed E-state index contributed by atoms with van der Waals surface area (Å²) in [5.74, 6) is -1.27. The molecule has 0 aliphatic rings. The Balaban J connectivity index is 2.67. The molecule has 11 heteroatoms. The van der Waals surface area contributed by atoms with Crippen LogP contribution in [-0.4, -0.2) is 54.9 Å². The number of hydrogen-bond acceptors (Lipinski definition) is 6. The van der Waals surface area contributed by atoms with Gasteiger partial charge in [-0.25, -0.2) is 5.43 Å².